The maximum absolute atomic E-state index is 14.0. The highest BCUT2D eigenvalue weighted by atomic mass is 19.2. The molecule has 1 heterocycles. The van der Waals surface area contributed by atoms with Crippen molar-refractivity contribution in [2.45, 2.75) is 6.92 Å². The van der Waals surface area contributed by atoms with E-state index < -0.39 is 23.5 Å². The maximum atomic E-state index is 14.0. The minimum absolute atomic E-state index is 0.103. The van der Waals surface area contributed by atoms with Crippen molar-refractivity contribution < 1.29 is 18.0 Å². The molecule has 0 fully saturated rings. The van der Waals surface area contributed by atoms with Crippen molar-refractivity contribution in [1.29, 1.82) is 0 Å². The van der Waals surface area contributed by atoms with E-state index in [1.54, 1.807) is 25.2 Å². The molecule has 0 spiro atoms. The van der Waals surface area contributed by atoms with E-state index in [9.17, 15) is 18.0 Å². The first-order valence-electron chi connectivity index (χ1n) is 7.66. The van der Waals surface area contributed by atoms with Gasteiger partial charge in [-0.2, -0.15) is 5.10 Å². The highest BCUT2D eigenvalue weighted by Gasteiger charge is 2.14. The maximum Gasteiger partial charge on any atom is 0.323 e. The molecule has 26 heavy (non-hydrogen) atoms. The van der Waals surface area contributed by atoms with Gasteiger partial charge in [0.25, 0.3) is 0 Å². The van der Waals surface area contributed by atoms with E-state index in [-0.39, 0.29) is 5.69 Å². The Bertz CT molecular complexity index is 965. The molecule has 134 valence electrons. The number of carbonyl (C=O) groups is 1. The second-order valence-corrected chi connectivity index (χ2v) is 5.70. The van der Waals surface area contributed by atoms with Crippen LogP contribution in [0.1, 0.15) is 5.56 Å². The monoisotopic (exact) mass is 360 g/mol. The van der Waals surface area contributed by atoms with Crippen LogP contribution in [0.4, 0.5) is 29.3 Å². The van der Waals surface area contributed by atoms with Crippen LogP contribution >= 0.6 is 0 Å². The number of rotatable bonds is 3. The molecular formula is C18H15F3N4O. The lowest BCUT2D eigenvalue weighted by Gasteiger charge is -2.12. The van der Waals surface area contributed by atoms with E-state index in [0.29, 0.717) is 16.9 Å². The molecule has 0 aliphatic rings. The summed E-state index contributed by atoms with van der Waals surface area (Å²) in [5, 5.41) is 8.85. The number of amides is 2. The lowest BCUT2D eigenvalue weighted by molar-refractivity contribution is 0.262. The SMILES string of the molecule is Cc1ccc(NC(=O)Nc2ccc(F)c(F)c2)cc1-c1c(F)cnn1C. The number of urea groups is 1. The number of benzene rings is 2. The van der Waals surface area contributed by atoms with Crippen molar-refractivity contribution in [3.8, 4) is 11.3 Å². The van der Waals surface area contributed by atoms with Gasteiger partial charge in [-0.05, 0) is 36.8 Å². The van der Waals surface area contributed by atoms with Crippen molar-refractivity contribution in [3.05, 3.63) is 65.6 Å². The molecule has 0 aliphatic heterocycles. The number of halogens is 3. The van der Waals surface area contributed by atoms with Gasteiger partial charge in [0.05, 0.1) is 6.20 Å². The Morgan fingerprint density at radius 3 is 2.23 bits per heavy atom. The molecule has 3 rings (SSSR count). The summed E-state index contributed by atoms with van der Waals surface area (Å²) in [4.78, 5) is 12.1. The zero-order chi connectivity index (χ0) is 18.8. The number of carbonyl (C=O) groups excluding carboxylic acids is 1. The van der Waals surface area contributed by atoms with Crippen LogP contribution in [0.15, 0.2) is 42.6 Å². The highest BCUT2D eigenvalue weighted by molar-refractivity contribution is 6.00. The molecule has 0 unspecified atom stereocenters. The summed E-state index contributed by atoms with van der Waals surface area (Å²) in [5.41, 5.74) is 2.19. The molecule has 0 saturated carbocycles. The van der Waals surface area contributed by atoms with E-state index in [1.165, 1.54) is 10.7 Å². The van der Waals surface area contributed by atoms with Gasteiger partial charge >= 0.3 is 6.03 Å². The Balaban J connectivity index is 1.81. The summed E-state index contributed by atoms with van der Waals surface area (Å²) in [7, 11) is 1.62. The molecule has 2 N–H and O–H groups in total. The standard InChI is InChI=1S/C18H15F3N4O/c1-10-3-4-11(7-13(10)17-16(21)9-22-25(17)2)23-18(26)24-12-5-6-14(19)15(20)8-12/h3-9H,1-2H3,(H2,23,24,26). The molecule has 3 aromatic rings. The van der Waals surface area contributed by atoms with Crippen LogP contribution < -0.4 is 10.6 Å². The summed E-state index contributed by atoms with van der Waals surface area (Å²) in [6, 6.07) is 7.38. The molecule has 0 aliphatic carbocycles. The zero-order valence-electron chi connectivity index (χ0n) is 14.0. The molecule has 0 radical (unpaired) electrons. The summed E-state index contributed by atoms with van der Waals surface area (Å²) >= 11 is 0. The van der Waals surface area contributed by atoms with Gasteiger partial charge in [0.2, 0.25) is 0 Å². The topological polar surface area (TPSA) is 59.0 Å². The number of hydrogen-bond donors (Lipinski definition) is 2. The fraction of sp³-hybridized carbons (Fsp3) is 0.111. The Kier molecular flexibility index (Phi) is 4.66. The van der Waals surface area contributed by atoms with Gasteiger partial charge in [-0.1, -0.05) is 6.07 Å². The number of hydrogen-bond acceptors (Lipinski definition) is 2. The molecular weight excluding hydrogens is 345 g/mol. The predicted molar refractivity (Wildman–Crippen MR) is 92.3 cm³/mol. The van der Waals surface area contributed by atoms with E-state index >= 15 is 0 Å². The minimum Gasteiger partial charge on any atom is -0.308 e. The van der Waals surface area contributed by atoms with E-state index in [1.807, 2.05) is 6.92 Å². The third-order valence-electron chi connectivity index (χ3n) is 3.82. The van der Waals surface area contributed by atoms with Gasteiger partial charge in [0.15, 0.2) is 17.5 Å². The van der Waals surface area contributed by atoms with Crippen LogP contribution in [-0.2, 0) is 7.05 Å². The minimum atomic E-state index is -1.06. The largest absolute Gasteiger partial charge is 0.323 e. The lowest BCUT2D eigenvalue weighted by Crippen LogP contribution is -2.19. The smallest absolute Gasteiger partial charge is 0.308 e. The van der Waals surface area contributed by atoms with Crippen molar-refractivity contribution in [2.75, 3.05) is 10.6 Å². The molecule has 5 nitrogen and oxygen atoms in total. The third kappa shape index (κ3) is 3.53. The number of aryl methyl sites for hydroxylation is 2. The summed E-state index contributed by atoms with van der Waals surface area (Å²) in [6.45, 7) is 1.81. The molecule has 8 heteroatoms. The van der Waals surface area contributed by atoms with Crippen LogP contribution in [0, 0.1) is 24.4 Å². The second-order valence-electron chi connectivity index (χ2n) is 5.70. The molecule has 0 saturated heterocycles. The Labute approximate surface area is 147 Å². The average molecular weight is 360 g/mol. The van der Waals surface area contributed by atoms with Crippen LogP contribution in [0.25, 0.3) is 11.3 Å². The summed E-state index contributed by atoms with van der Waals surface area (Å²) in [6.07, 6.45) is 1.12. The first-order valence-corrected chi connectivity index (χ1v) is 7.66. The zero-order valence-corrected chi connectivity index (χ0v) is 14.0. The second kappa shape index (κ2) is 6.91. The molecule has 2 amide bonds. The lowest BCUT2D eigenvalue weighted by atomic mass is 10.0. The van der Waals surface area contributed by atoms with Gasteiger partial charge in [0, 0.05) is 30.1 Å². The molecule has 0 atom stereocenters. The van der Waals surface area contributed by atoms with Crippen molar-refractivity contribution in [3.63, 3.8) is 0 Å². The number of nitrogens with one attached hydrogen (secondary N) is 2. The Morgan fingerprint density at radius 2 is 1.62 bits per heavy atom. The number of aromatic nitrogens is 2. The molecule has 1 aromatic heterocycles. The Morgan fingerprint density at radius 1 is 0.962 bits per heavy atom. The van der Waals surface area contributed by atoms with Crippen molar-refractivity contribution in [1.82, 2.24) is 9.78 Å². The third-order valence-corrected chi connectivity index (χ3v) is 3.82. The van der Waals surface area contributed by atoms with Gasteiger partial charge in [0.1, 0.15) is 5.69 Å². The first kappa shape index (κ1) is 17.5. The quantitative estimate of drug-likeness (QED) is 0.725. The van der Waals surface area contributed by atoms with Crippen molar-refractivity contribution in [2.24, 2.45) is 7.05 Å². The van der Waals surface area contributed by atoms with Crippen LogP contribution in [0.3, 0.4) is 0 Å². The van der Waals surface area contributed by atoms with Crippen LogP contribution in [0.5, 0.6) is 0 Å². The first-order chi connectivity index (χ1) is 12.3. The summed E-state index contributed by atoms with van der Waals surface area (Å²) < 4.78 is 41.5. The fourth-order valence-corrected chi connectivity index (χ4v) is 2.54. The number of nitrogens with zero attached hydrogens (tertiary/aromatic N) is 2. The van der Waals surface area contributed by atoms with E-state index in [4.69, 9.17) is 0 Å². The highest BCUT2D eigenvalue weighted by Crippen LogP contribution is 2.28. The number of anilines is 2. The van der Waals surface area contributed by atoms with Crippen LogP contribution in [0.2, 0.25) is 0 Å². The van der Waals surface area contributed by atoms with Crippen LogP contribution in [-0.4, -0.2) is 15.8 Å². The fourth-order valence-electron chi connectivity index (χ4n) is 2.54. The Hall–Kier alpha value is -3.29. The summed E-state index contributed by atoms with van der Waals surface area (Å²) in [5.74, 6) is -2.54. The predicted octanol–water partition coefficient (Wildman–Crippen LogP) is 4.46. The van der Waals surface area contributed by atoms with Crippen molar-refractivity contribution >= 4 is 17.4 Å². The van der Waals surface area contributed by atoms with Gasteiger partial charge in [-0.3, -0.25) is 4.68 Å². The molecule has 2 aromatic carbocycles. The van der Waals surface area contributed by atoms with Gasteiger partial charge in [-0.15, -0.1) is 0 Å². The van der Waals surface area contributed by atoms with Gasteiger partial charge < -0.3 is 10.6 Å². The van der Waals surface area contributed by atoms with E-state index in [0.717, 1.165) is 23.9 Å². The normalized spacial score (nSPS) is 10.7. The van der Waals surface area contributed by atoms with E-state index in [2.05, 4.69) is 15.7 Å². The molecule has 0 bridgehead atoms. The average Bonchev–Trinajstić information content (AvgIpc) is 2.91. The van der Waals surface area contributed by atoms with Gasteiger partial charge in [-0.25, -0.2) is 18.0 Å².